The Hall–Kier alpha value is -3.09. The first-order valence-corrected chi connectivity index (χ1v) is 8.20. The number of rotatable bonds is 9. The van der Waals surface area contributed by atoms with E-state index in [0.29, 0.717) is 42.7 Å². The van der Waals surface area contributed by atoms with Crippen LogP contribution in [0.25, 0.3) is 0 Å². The SMILES string of the molecule is C=CCNC(=NCCc1ccco1)Nc1cc(OC)c(OC)c(OC)c1. The van der Waals surface area contributed by atoms with Crippen molar-refractivity contribution in [1.29, 1.82) is 0 Å². The zero-order valence-corrected chi connectivity index (χ0v) is 15.4. The molecule has 1 aromatic carbocycles. The fourth-order valence-corrected chi connectivity index (χ4v) is 2.33. The molecule has 1 heterocycles. The Morgan fingerprint density at radius 3 is 2.46 bits per heavy atom. The van der Waals surface area contributed by atoms with Gasteiger partial charge in [-0.05, 0) is 12.1 Å². The third kappa shape index (κ3) is 5.20. The van der Waals surface area contributed by atoms with Crippen LogP contribution in [0.1, 0.15) is 5.76 Å². The Morgan fingerprint density at radius 2 is 1.92 bits per heavy atom. The van der Waals surface area contributed by atoms with Crippen molar-refractivity contribution in [3.63, 3.8) is 0 Å². The second kappa shape index (κ2) is 10.0. The zero-order valence-electron chi connectivity index (χ0n) is 15.4. The van der Waals surface area contributed by atoms with Crippen LogP contribution < -0.4 is 24.8 Å². The number of nitrogens with one attached hydrogen (secondary N) is 2. The molecule has 1 aromatic heterocycles. The van der Waals surface area contributed by atoms with Crippen molar-refractivity contribution in [3.05, 3.63) is 48.9 Å². The molecule has 2 N–H and O–H groups in total. The lowest BCUT2D eigenvalue weighted by Crippen LogP contribution is -2.31. The molecule has 2 aromatic rings. The zero-order chi connectivity index (χ0) is 18.8. The van der Waals surface area contributed by atoms with E-state index in [1.807, 2.05) is 24.3 Å². The third-order valence-corrected chi connectivity index (χ3v) is 3.55. The van der Waals surface area contributed by atoms with Gasteiger partial charge < -0.3 is 29.3 Å². The van der Waals surface area contributed by atoms with Gasteiger partial charge in [-0.1, -0.05) is 6.08 Å². The number of furan rings is 1. The van der Waals surface area contributed by atoms with Crippen LogP contribution in [-0.4, -0.2) is 40.4 Å². The van der Waals surface area contributed by atoms with Crippen molar-refractivity contribution in [2.75, 3.05) is 39.7 Å². The first-order valence-electron chi connectivity index (χ1n) is 8.20. The maximum Gasteiger partial charge on any atom is 0.203 e. The smallest absolute Gasteiger partial charge is 0.203 e. The van der Waals surface area contributed by atoms with Crippen LogP contribution in [0.15, 0.2) is 52.6 Å². The molecule has 0 saturated carbocycles. The molecule has 7 nitrogen and oxygen atoms in total. The molecule has 7 heteroatoms. The number of ether oxygens (including phenoxy) is 3. The standard InChI is InChI=1S/C19H25N3O4/c1-5-9-20-19(21-10-8-15-7-6-11-26-15)22-14-12-16(23-2)18(25-4)17(13-14)24-3/h5-7,11-13H,1,8-10H2,2-4H3,(H2,20,21,22). The lowest BCUT2D eigenvalue weighted by Gasteiger charge is -2.16. The molecule has 0 atom stereocenters. The maximum atomic E-state index is 5.38. The van der Waals surface area contributed by atoms with Crippen LogP contribution in [0.5, 0.6) is 17.2 Å². The topological polar surface area (TPSA) is 77.3 Å². The molecule has 26 heavy (non-hydrogen) atoms. The maximum absolute atomic E-state index is 5.38. The Labute approximate surface area is 153 Å². The number of hydrogen-bond acceptors (Lipinski definition) is 5. The normalized spacial score (nSPS) is 11.0. The minimum atomic E-state index is 0.538. The Kier molecular flexibility index (Phi) is 7.42. The van der Waals surface area contributed by atoms with E-state index in [9.17, 15) is 0 Å². The van der Waals surface area contributed by atoms with Gasteiger partial charge in [-0.2, -0.15) is 0 Å². The van der Waals surface area contributed by atoms with Crippen molar-refractivity contribution < 1.29 is 18.6 Å². The number of guanidine groups is 1. The lowest BCUT2D eigenvalue weighted by molar-refractivity contribution is 0.324. The second-order valence-electron chi connectivity index (χ2n) is 5.27. The summed E-state index contributed by atoms with van der Waals surface area (Å²) in [7, 11) is 4.73. The molecule has 2 rings (SSSR count). The summed E-state index contributed by atoms with van der Waals surface area (Å²) in [6.45, 7) is 4.88. The number of methoxy groups -OCH3 is 3. The summed E-state index contributed by atoms with van der Waals surface area (Å²) in [5.41, 5.74) is 0.757. The van der Waals surface area contributed by atoms with E-state index in [4.69, 9.17) is 18.6 Å². The summed E-state index contributed by atoms with van der Waals surface area (Å²) < 4.78 is 21.4. The summed E-state index contributed by atoms with van der Waals surface area (Å²) in [6.07, 6.45) is 4.13. The highest BCUT2D eigenvalue weighted by Crippen LogP contribution is 2.39. The molecule has 0 amide bonds. The lowest BCUT2D eigenvalue weighted by atomic mass is 10.2. The van der Waals surface area contributed by atoms with Gasteiger partial charge in [0.2, 0.25) is 5.75 Å². The van der Waals surface area contributed by atoms with Gasteiger partial charge in [-0.25, -0.2) is 0 Å². The molecule has 0 fully saturated rings. The molecule has 0 bridgehead atoms. The fraction of sp³-hybridized carbons (Fsp3) is 0.316. The molecule has 0 saturated heterocycles. The van der Waals surface area contributed by atoms with E-state index in [-0.39, 0.29) is 0 Å². The number of anilines is 1. The van der Waals surface area contributed by atoms with Crippen molar-refractivity contribution >= 4 is 11.6 Å². The summed E-state index contributed by atoms with van der Waals surface area (Å²) in [5, 5.41) is 6.42. The monoisotopic (exact) mass is 359 g/mol. The Balaban J connectivity index is 2.16. The molecule has 0 aliphatic carbocycles. The van der Waals surface area contributed by atoms with Gasteiger partial charge in [0.05, 0.1) is 27.6 Å². The second-order valence-corrected chi connectivity index (χ2v) is 5.27. The van der Waals surface area contributed by atoms with Crippen LogP contribution in [0.3, 0.4) is 0 Å². The highest BCUT2D eigenvalue weighted by Gasteiger charge is 2.14. The average molecular weight is 359 g/mol. The Bertz CT molecular complexity index is 701. The molecule has 0 radical (unpaired) electrons. The summed E-state index contributed by atoms with van der Waals surface area (Å²) in [5.74, 6) is 3.17. The predicted octanol–water partition coefficient (Wildman–Crippen LogP) is 3.09. The van der Waals surface area contributed by atoms with E-state index in [1.54, 1.807) is 33.7 Å². The van der Waals surface area contributed by atoms with Gasteiger partial charge in [-0.3, -0.25) is 4.99 Å². The third-order valence-electron chi connectivity index (χ3n) is 3.55. The van der Waals surface area contributed by atoms with E-state index in [0.717, 1.165) is 11.4 Å². The summed E-state index contributed by atoms with van der Waals surface area (Å²) >= 11 is 0. The van der Waals surface area contributed by atoms with Crippen LogP contribution in [-0.2, 0) is 6.42 Å². The highest BCUT2D eigenvalue weighted by atomic mass is 16.5. The van der Waals surface area contributed by atoms with Crippen molar-refractivity contribution in [1.82, 2.24) is 5.32 Å². The largest absolute Gasteiger partial charge is 0.493 e. The van der Waals surface area contributed by atoms with E-state index >= 15 is 0 Å². The molecule has 0 spiro atoms. The molecule has 0 aliphatic heterocycles. The van der Waals surface area contributed by atoms with Crippen LogP contribution in [0.2, 0.25) is 0 Å². The van der Waals surface area contributed by atoms with Gasteiger partial charge in [0, 0.05) is 37.3 Å². The van der Waals surface area contributed by atoms with Crippen molar-refractivity contribution in [2.45, 2.75) is 6.42 Å². The molecule has 0 aliphatic rings. The van der Waals surface area contributed by atoms with Crippen LogP contribution in [0.4, 0.5) is 5.69 Å². The molecular weight excluding hydrogens is 334 g/mol. The van der Waals surface area contributed by atoms with E-state index in [2.05, 4.69) is 22.2 Å². The van der Waals surface area contributed by atoms with Gasteiger partial charge in [0.15, 0.2) is 17.5 Å². The number of aliphatic imine (C=N–C) groups is 1. The van der Waals surface area contributed by atoms with Crippen LogP contribution in [0, 0.1) is 0 Å². The summed E-state index contributed by atoms with van der Waals surface area (Å²) in [6, 6.07) is 7.43. The molecule has 140 valence electrons. The number of benzene rings is 1. The quantitative estimate of drug-likeness (QED) is 0.407. The number of hydrogen-bond donors (Lipinski definition) is 2. The van der Waals surface area contributed by atoms with Gasteiger partial charge in [0.1, 0.15) is 5.76 Å². The number of nitrogens with zero attached hydrogens (tertiary/aromatic N) is 1. The first kappa shape index (κ1) is 19.2. The van der Waals surface area contributed by atoms with Gasteiger partial charge in [-0.15, -0.1) is 6.58 Å². The Morgan fingerprint density at radius 1 is 1.19 bits per heavy atom. The van der Waals surface area contributed by atoms with Crippen molar-refractivity contribution in [2.24, 2.45) is 4.99 Å². The predicted molar refractivity (Wildman–Crippen MR) is 103 cm³/mol. The van der Waals surface area contributed by atoms with Crippen LogP contribution >= 0.6 is 0 Å². The minimum absolute atomic E-state index is 0.538. The van der Waals surface area contributed by atoms with Crippen molar-refractivity contribution in [3.8, 4) is 17.2 Å². The van der Waals surface area contributed by atoms with E-state index < -0.39 is 0 Å². The minimum Gasteiger partial charge on any atom is -0.493 e. The van der Waals surface area contributed by atoms with Gasteiger partial charge in [0.25, 0.3) is 0 Å². The van der Waals surface area contributed by atoms with Gasteiger partial charge >= 0.3 is 0 Å². The summed E-state index contributed by atoms with van der Waals surface area (Å²) in [4.78, 5) is 4.56. The highest BCUT2D eigenvalue weighted by molar-refractivity contribution is 5.94. The molecule has 0 unspecified atom stereocenters. The fourth-order valence-electron chi connectivity index (χ4n) is 2.33. The van der Waals surface area contributed by atoms with E-state index in [1.165, 1.54) is 0 Å². The molecular formula is C19H25N3O4. The average Bonchev–Trinajstić information content (AvgIpc) is 3.18. The first-order chi connectivity index (χ1) is 12.7.